The van der Waals surface area contributed by atoms with Gasteiger partial charge < -0.3 is 20.7 Å². The van der Waals surface area contributed by atoms with Crippen molar-refractivity contribution in [3.63, 3.8) is 0 Å². The van der Waals surface area contributed by atoms with Crippen molar-refractivity contribution >= 4 is 29.5 Å². The first kappa shape index (κ1) is 29.0. The molecule has 2 aliphatic rings. The first-order chi connectivity index (χ1) is 18.8. The maximum Gasteiger partial charge on any atom is 0.306 e. The second-order valence-electron chi connectivity index (χ2n) is 11.9. The molecule has 2 aromatic rings. The molecule has 212 valence electrons. The van der Waals surface area contributed by atoms with Crippen molar-refractivity contribution in [2.45, 2.75) is 83.4 Å². The van der Waals surface area contributed by atoms with Gasteiger partial charge in [-0.05, 0) is 74.6 Å². The van der Waals surface area contributed by atoms with Gasteiger partial charge in [0, 0.05) is 30.6 Å². The molecule has 1 atom stereocenters. The maximum absolute atomic E-state index is 13.0. The molecule has 1 unspecified atom stereocenters. The van der Waals surface area contributed by atoms with Crippen LogP contribution < -0.4 is 11.1 Å². The molecule has 4 rings (SSSR count). The lowest BCUT2D eigenvalue weighted by Gasteiger charge is -2.25. The van der Waals surface area contributed by atoms with Crippen LogP contribution in [0.2, 0.25) is 0 Å². The Bertz CT molecular complexity index is 1340. The lowest BCUT2D eigenvalue weighted by molar-refractivity contribution is -0.155. The molecule has 40 heavy (non-hydrogen) atoms. The lowest BCUT2D eigenvalue weighted by Crippen LogP contribution is -2.45. The second-order valence-corrected chi connectivity index (χ2v) is 11.9. The second kappa shape index (κ2) is 11.2. The Morgan fingerprint density at radius 3 is 2.35 bits per heavy atom. The summed E-state index contributed by atoms with van der Waals surface area (Å²) in [5, 5.41) is 2.68. The Kier molecular flexibility index (Phi) is 8.14. The van der Waals surface area contributed by atoms with E-state index in [4.69, 9.17) is 10.5 Å². The van der Waals surface area contributed by atoms with Gasteiger partial charge in [-0.25, -0.2) is 0 Å². The highest BCUT2D eigenvalue weighted by Crippen LogP contribution is 2.47. The van der Waals surface area contributed by atoms with Crippen LogP contribution in [0.4, 0.5) is 0 Å². The third kappa shape index (κ3) is 6.76. The van der Waals surface area contributed by atoms with Gasteiger partial charge >= 0.3 is 5.97 Å². The van der Waals surface area contributed by atoms with Crippen LogP contribution in [0.15, 0.2) is 42.5 Å². The Labute approximate surface area is 234 Å². The van der Waals surface area contributed by atoms with Crippen LogP contribution in [-0.2, 0) is 37.5 Å². The lowest BCUT2D eigenvalue weighted by atomic mass is 9.96. The first-order valence-corrected chi connectivity index (χ1v) is 13.6. The van der Waals surface area contributed by atoms with Crippen molar-refractivity contribution < 1.29 is 28.7 Å². The summed E-state index contributed by atoms with van der Waals surface area (Å²) in [6.45, 7) is 7.88. The summed E-state index contributed by atoms with van der Waals surface area (Å²) in [6.07, 6.45) is 2.75. The number of primary amides is 1. The smallest absolute Gasteiger partial charge is 0.306 e. The number of hydrogen-bond donors (Lipinski definition) is 2. The average Bonchev–Trinajstić information content (AvgIpc) is 3.56. The number of Topliss-reactive ketones (excluding diaryl/α,β-unsaturated/α-hetero) is 1. The number of ether oxygens (including phenoxy) is 1. The van der Waals surface area contributed by atoms with Crippen molar-refractivity contribution in [3.8, 4) is 0 Å². The number of esters is 1. The molecular weight excluding hydrogens is 510 g/mol. The number of rotatable bonds is 11. The van der Waals surface area contributed by atoms with Crippen LogP contribution in [-0.4, -0.2) is 52.6 Å². The minimum Gasteiger partial charge on any atom is -0.460 e. The molecular formula is C31H37N3O6. The van der Waals surface area contributed by atoms with E-state index in [1.807, 2.05) is 18.2 Å². The number of hydrogen-bond acceptors (Lipinski definition) is 6. The molecule has 3 N–H and O–H groups in total. The van der Waals surface area contributed by atoms with E-state index >= 15 is 0 Å². The number of nitrogens with two attached hydrogens (primary N) is 1. The normalized spacial score (nSPS) is 16.2. The highest BCUT2D eigenvalue weighted by molar-refractivity contribution is 6.42. The summed E-state index contributed by atoms with van der Waals surface area (Å²) in [7, 11) is 0. The predicted molar refractivity (Wildman–Crippen MR) is 148 cm³/mol. The molecule has 1 heterocycles. The zero-order valence-corrected chi connectivity index (χ0v) is 23.5. The number of benzene rings is 2. The van der Waals surface area contributed by atoms with Gasteiger partial charge in [0.25, 0.3) is 11.8 Å². The highest BCUT2D eigenvalue weighted by Gasteiger charge is 2.39. The fourth-order valence-corrected chi connectivity index (χ4v) is 4.93. The summed E-state index contributed by atoms with van der Waals surface area (Å²) < 4.78 is 5.30. The molecule has 3 amide bonds. The third-order valence-corrected chi connectivity index (χ3v) is 7.50. The Morgan fingerprint density at radius 2 is 1.75 bits per heavy atom. The van der Waals surface area contributed by atoms with E-state index in [2.05, 4.69) is 12.2 Å². The SMILES string of the molecule is CC(C)(C)OC(=O)CCC(C(N)=O)N1Cc2cc(CCNC(=O)C(=O)c3ccc(C4(C)CC4)cc3)ccc2C1=O. The molecule has 1 fully saturated rings. The molecule has 9 nitrogen and oxygen atoms in total. The topological polar surface area (TPSA) is 136 Å². The number of carbonyl (C=O) groups excluding carboxylic acids is 5. The predicted octanol–water partition coefficient (Wildman–Crippen LogP) is 3.21. The van der Waals surface area contributed by atoms with E-state index in [-0.39, 0.29) is 37.3 Å². The zero-order chi connectivity index (χ0) is 29.2. The molecule has 0 bridgehead atoms. The fraction of sp³-hybridized carbons (Fsp3) is 0.452. The summed E-state index contributed by atoms with van der Waals surface area (Å²) in [5.41, 5.74) is 8.75. The minimum absolute atomic E-state index is 0.0435. The molecule has 0 saturated heterocycles. The molecule has 0 aromatic heterocycles. The van der Waals surface area contributed by atoms with Crippen molar-refractivity contribution in [3.05, 3.63) is 70.3 Å². The van der Waals surface area contributed by atoms with E-state index in [1.54, 1.807) is 45.0 Å². The Morgan fingerprint density at radius 1 is 1.07 bits per heavy atom. The number of amides is 3. The van der Waals surface area contributed by atoms with Crippen molar-refractivity contribution in [1.82, 2.24) is 10.2 Å². The van der Waals surface area contributed by atoms with Crippen LogP contribution in [0, 0.1) is 0 Å². The van der Waals surface area contributed by atoms with E-state index in [0.29, 0.717) is 17.5 Å². The summed E-state index contributed by atoms with van der Waals surface area (Å²) in [6, 6.07) is 11.6. The average molecular weight is 548 g/mol. The molecule has 1 aliphatic carbocycles. The highest BCUT2D eigenvalue weighted by atomic mass is 16.6. The van der Waals surface area contributed by atoms with Crippen molar-refractivity contribution in [1.29, 1.82) is 0 Å². The quantitative estimate of drug-likeness (QED) is 0.252. The van der Waals surface area contributed by atoms with Crippen LogP contribution in [0.5, 0.6) is 0 Å². The van der Waals surface area contributed by atoms with Gasteiger partial charge in [0.2, 0.25) is 11.7 Å². The Hall–Kier alpha value is -4.01. The summed E-state index contributed by atoms with van der Waals surface area (Å²) >= 11 is 0. The van der Waals surface area contributed by atoms with Gasteiger partial charge in [-0.3, -0.25) is 24.0 Å². The summed E-state index contributed by atoms with van der Waals surface area (Å²) in [5.74, 6) is -2.71. The van der Waals surface area contributed by atoms with Gasteiger partial charge in [-0.15, -0.1) is 0 Å². The first-order valence-electron chi connectivity index (χ1n) is 13.6. The Balaban J connectivity index is 1.31. The van der Waals surface area contributed by atoms with E-state index in [9.17, 15) is 24.0 Å². The molecule has 2 aromatic carbocycles. The molecule has 1 saturated carbocycles. The minimum atomic E-state index is -0.942. The third-order valence-electron chi connectivity index (χ3n) is 7.50. The zero-order valence-electron chi connectivity index (χ0n) is 23.5. The van der Waals surface area contributed by atoms with Gasteiger partial charge in [-0.1, -0.05) is 43.3 Å². The van der Waals surface area contributed by atoms with E-state index < -0.39 is 35.2 Å². The van der Waals surface area contributed by atoms with Crippen molar-refractivity contribution in [2.75, 3.05) is 6.54 Å². The van der Waals surface area contributed by atoms with Crippen LogP contribution in [0.3, 0.4) is 0 Å². The number of ketones is 1. The molecule has 0 radical (unpaired) electrons. The van der Waals surface area contributed by atoms with Crippen LogP contribution in [0.1, 0.15) is 90.8 Å². The standard InChI is InChI=1S/C31H37N3O6/c1-30(2,3)40-25(35)12-11-24(27(32)37)34-18-21-17-19(5-10-23(21)29(34)39)13-16-33-28(38)26(36)20-6-8-22(9-7-20)31(4)14-15-31/h5-10,17,24H,11-16,18H2,1-4H3,(H2,32,37)(H,33,38). The molecule has 1 aliphatic heterocycles. The van der Waals surface area contributed by atoms with Gasteiger partial charge in [-0.2, -0.15) is 0 Å². The van der Waals surface area contributed by atoms with E-state index in [1.165, 1.54) is 10.5 Å². The van der Waals surface area contributed by atoms with Crippen LogP contribution in [0.25, 0.3) is 0 Å². The van der Waals surface area contributed by atoms with Gasteiger partial charge in [0.05, 0.1) is 0 Å². The molecule has 0 spiro atoms. The van der Waals surface area contributed by atoms with Gasteiger partial charge in [0.1, 0.15) is 11.6 Å². The van der Waals surface area contributed by atoms with Gasteiger partial charge in [0.15, 0.2) is 0 Å². The van der Waals surface area contributed by atoms with Crippen LogP contribution >= 0.6 is 0 Å². The largest absolute Gasteiger partial charge is 0.460 e. The number of fused-ring (bicyclic) bond motifs is 1. The van der Waals surface area contributed by atoms with Crippen molar-refractivity contribution in [2.24, 2.45) is 5.73 Å². The number of carbonyl (C=O) groups is 5. The monoisotopic (exact) mass is 547 g/mol. The molecule has 9 heteroatoms. The summed E-state index contributed by atoms with van der Waals surface area (Å²) in [4.78, 5) is 63.7. The maximum atomic E-state index is 13.0. The number of nitrogens with one attached hydrogen (secondary N) is 1. The fourth-order valence-electron chi connectivity index (χ4n) is 4.93. The van der Waals surface area contributed by atoms with E-state index in [0.717, 1.165) is 24.0 Å². The number of nitrogens with zero attached hydrogens (tertiary/aromatic N) is 1.